The number of allylic oxidation sites excluding steroid dienone is 1. The number of likely N-dealkylation sites (tertiary alicyclic amines) is 1. The lowest BCUT2D eigenvalue weighted by Gasteiger charge is -2.14. The van der Waals surface area contributed by atoms with E-state index in [1.54, 1.807) is 7.11 Å². The van der Waals surface area contributed by atoms with Gasteiger partial charge in [0.2, 0.25) is 0 Å². The van der Waals surface area contributed by atoms with Gasteiger partial charge in [0.1, 0.15) is 23.5 Å². The molecular weight excluding hydrogens is 288 g/mol. The normalized spacial score (nSPS) is 16.0. The molecule has 1 aromatic rings. The van der Waals surface area contributed by atoms with E-state index in [0.717, 1.165) is 35.5 Å². The van der Waals surface area contributed by atoms with E-state index in [2.05, 4.69) is 11.0 Å². The SMILES string of the molecule is COc1cccc(CN2CC(=CN(C)C)C(=C(C#N)C#N)C2)c1. The molecule has 1 fully saturated rings. The van der Waals surface area contributed by atoms with Gasteiger partial charge in [-0.3, -0.25) is 4.90 Å². The van der Waals surface area contributed by atoms with Crippen molar-refractivity contribution in [1.29, 1.82) is 10.5 Å². The molecule has 0 spiro atoms. The Kier molecular flexibility index (Phi) is 5.41. The molecule has 2 rings (SSSR count). The average molecular weight is 308 g/mol. The highest BCUT2D eigenvalue weighted by atomic mass is 16.5. The van der Waals surface area contributed by atoms with Crippen LogP contribution in [0.5, 0.6) is 5.75 Å². The lowest BCUT2D eigenvalue weighted by atomic mass is 10.1. The van der Waals surface area contributed by atoms with Crippen molar-refractivity contribution < 1.29 is 4.74 Å². The maximum absolute atomic E-state index is 9.18. The number of ether oxygens (including phenoxy) is 1. The fourth-order valence-electron chi connectivity index (χ4n) is 2.69. The molecule has 0 aromatic heterocycles. The minimum Gasteiger partial charge on any atom is -0.497 e. The Morgan fingerprint density at radius 1 is 1.30 bits per heavy atom. The first-order valence-electron chi connectivity index (χ1n) is 7.33. The fraction of sp³-hybridized carbons (Fsp3) is 0.333. The van der Waals surface area contributed by atoms with Gasteiger partial charge in [-0.25, -0.2) is 0 Å². The van der Waals surface area contributed by atoms with Gasteiger partial charge >= 0.3 is 0 Å². The molecule has 1 aromatic carbocycles. The van der Waals surface area contributed by atoms with E-state index in [1.807, 2.05) is 55.5 Å². The third-order valence-electron chi connectivity index (χ3n) is 3.64. The largest absolute Gasteiger partial charge is 0.497 e. The van der Waals surface area contributed by atoms with Crippen LogP contribution in [0.15, 0.2) is 47.2 Å². The lowest BCUT2D eigenvalue weighted by molar-refractivity contribution is 0.344. The molecule has 5 heteroatoms. The van der Waals surface area contributed by atoms with Crippen molar-refractivity contribution in [3.63, 3.8) is 0 Å². The molecule has 23 heavy (non-hydrogen) atoms. The van der Waals surface area contributed by atoms with Crippen molar-refractivity contribution >= 4 is 0 Å². The molecule has 118 valence electrons. The van der Waals surface area contributed by atoms with Crippen molar-refractivity contribution in [2.45, 2.75) is 6.54 Å². The molecular formula is C18H20N4O. The molecule has 0 saturated carbocycles. The van der Waals surface area contributed by atoms with E-state index in [0.29, 0.717) is 6.54 Å². The van der Waals surface area contributed by atoms with E-state index in [4.69, 9.17) is 4.74 Å². The van der Waals surface area contributed by atoms with Gasteiger partial charge in [0.25, 0.3) is 0 Å². The van der Waals surface area contributed by atoms with E-state index in [1.165, 1.54) is 0 Å². The number of rotatable bonds is 4. The third-order valence-corrected chi connectivity index (χ3v) is 3.64. The summed E-state index contributed by atoms with van der Waals surface area (Å²) in [7, 11) is 5.53. The Labute approximate surface area is 137 Å². The summed E-state index contributed by atoms with van der Waals surface area (Å²) in [6.45, 7) is 2.07. The quantitative estimate of drug-likeness (QED) is 0.799. The van der Waals surface area contributed by atoms with Crippen LogP contribution in [0, 0.1) is 22.7 Å². The zero-order chi connectivity index (χ0) is 16.8. The first-order valence-corrected chi connectivity index (χ1v) is 7.33. The summed E-state index contributed by atoms with van der Waals surface area (Å²) in [6.07, 6.45) is 1.98. The first kappa shape index (κ1) is 16.6. The molecule has 0 atom stereocenters. The van der Waals surface area contributed by atoms with E-state index in [9.17, 15) is 10.5 Å². The zero-order valence-corrected chi connectivity index (χ0v) is 13.7. The second-order valence-electron chi connectivity index (χ2n) is 5.69. The van der Waals surface area contributed by atoms with Gasteiger partial charge in [-0.15, -0.1) is 0 Å². The van der Waals surface area contributed by atoms with Crippen LogP contribution in [-0.4, -0.2) is 44.1 Å². The summed E-state index contributed by atoms with van der Waals surface area (Å²) in [5.41, 5.74) is 3.19. The van der Waals surface area contributed by atoms with Crippen molar-refractivity contribution in [1.82, 2.24) is 9.80 Å². The van der Waals surface area contributed by atoms with E-state index < -0.39 is 0 Å². The summed E-state index contributed by atoms with van der Waals surface area (Å²) in [5.74, 6) is 0.830. The monoisotopic (exact) mass is 308 g/mol. The average Bonchev–Trinajstić information content (AvgIpc) is 2.90. The van der Waals surface area contributed by atoms with Crippen LogP contribution in [0.25, 0.3) is 0 Å². The van der Waals surface area contributed by atoms with E-state index in [-0.39, 0.29) is 5.57 Å². The Balaban J connectivity index is 2.25. The number of methoxy groups -OCH3 is 1. The van der Waals surface area contributed by atoms with Crippen LogP contribution in [0.4, 0.5) is 0 Å². The second-order valence-corrected chi connectivity index (χ2v) is 5.69. The molecule has 0 amide bonds. The number of hydrogen-bond acceptors (Lipinski definition) is 5. The maximum Gasteiger partial charge on any atom is 0.134 e. The van der Waals surface area contributed by atoms with Crippen LogP contribution < -0.4 is 4.74 Å². The van der Waals surface area contributed by atoms with Gasteiger partial charge in [-0.2, -0.15) is 10.5 Å². The second kappa shape index (κ2) is 7.49. The van der Waals surface area contributed by atoms with Crippen LogP contribution in [0.2, 0.25) is 0 Å². The summed E-state index contributed by atoms with van der Waals surface area (Å²) in [4.78, 5) is 4.16. The van der Waals surface area contributed by atoms with Crippen LogP contribution >= 0.6 is 0 Å². The third kappa shape index (κ3) is 4.12. The minimum absolute atomic E-state index is 0.200. The maximum atomic E-state index is 9.18. The standard InChI is InChI=1S/C18H20N4O/c1-21(2)11-16-12-22(13-18(16)15(8-19)9-20)10-14-5-4-6-17(7-14)23-3/h4-7,11H,10,12-13H2,1-3H3. The molecule has 0 bridgehead atoms. The molecule has 0 aliphatic carbocycles. The first-order chi connectivity index (χ1) is 11.1. The van der Waals surface area contributed by atoms with Crippen LogP contribution in [0.1, 0.15) is 5.56 Å². The Hall–Kier alpha value is -2.76. The molecule has 1 aliphatic rings. The topological polar surface area (TPSA) is 63.3 Å². The molecule has 0 radical (unpaired) electrons. The highest BCUT2D eigenvalue weighted by Gasteiger charge is 2.25. The number of nitriles is 2. The van der Waals surface area contributed by atoms with Gasteiger partial charge in [-0.05, 0) is 23.3 Å². The molecule has 1 aliphatic heterocycles. The van der Waals surface area contributed by atoms with Gasteiger partial charge in [-0.1, -0.05) is 12.1 Å². The lowest BCUT2D eigenvalue weighted by Crippen LogP contribution is -2.19. The summed E-state index contributed by atoms with van der Waals surface area (Å²) in [5, 5.41) is 18.4. The molecule has 1 saturated heterocycles. The van der Waals surface area contributed by atoms with Gasteiger partial charge in [0.05, 0.1) is 7.11 Å². The van der Waals surface area contributed by atoms with Crippen LogP contribution in [0.3, 0.4) is 0 Å². The number of hydrogen-bond donors (Lipinski definition) is 0. The highest BCUT2D eigenvalue weighted by molar-refractivity contribution is 5.52. The van der Waals surface area contributed by atoms with Gasteiger partial charge < -0.3 is 9.64 Å². The van der Waals surface area contributed by atoms with Crippen molar-refractivity contribution in [2.24, 2.45) is 0 Å². The Morgan fingerprint density at radius 3 is 2.65 bits per heavy atom. The van der Waals surface area contributed by atoms with E-state index >= 15 is 0 Å². The predicted molar refractivity (Wildman–Crippen MR) is 88.3 cm³/mol. The fourth-order valence-corrected chi connectivity index (χ4v) is 2.69. The predicted octanol–water partition coefficient (Wildman–Crippen LogP) is 2.30. The van der Waals surface area contributed by atoms with Gasteiger partial charge in [0.15, 0.2) is 0 Å². The smallest absolute Gasteiger partial charge is 0.134 e. The van der Waals surface area contributed by atoms with Crippen molar-refractivity contribution in [3.8, 4) is 17.9 Å². The zero-order valence-electron chi connectivity index (χ0n) is 13.7. The van der Waals surface area contributed by atoms with Crippen LogP contribution in [-0.2, 0) is 6.54 Å². The summed E-state index contributed by atoms with van der Waals surface area (Å²) in [6, 6.07) is 12.0. The molecule has 1 heterocycles. The Morgan fingerprint density at radius 2 is 2.04 bits per heavy atom. The number of benzene rings is 1. The molecule has 0 unspecified atom stereocenters. The number of nitrogens with zero attached hydrogens (tertiary/aromatic N) is 4. The summed E-state index contributed by atoms with van der Waals surface area (Å²) >= 11 is 0. The molecule has 0 N–H and O–H groups in total. The Bertz CT molecular complexity index is 703. The minimum atomic E-state index is 0.200. The highest BCUT2D eigenvalue weighted by Crippen LogP contribution is 2.27. The van der Waals surface area contributed by atoms with Gasteiger partial charge in [0, 0.05) is 45.5 Å². The van der Waals surface area contributed by atoms with Crippen molar-refractivity contribution in [3.05, 3.63) is 52.7 Å². The van der Waals surface area contributed by atoms with Crippen molar-refractivity contribution in [2.75, 3.05) is 34.3 Å². The molecule has 5 nitrogen and oxygen atoms in total. The summed E-state index contributed by atoms with van der Waals surface area (Å²) < 4.78 is 5.26.